The van der Waals surface area contributed by atoms with Crippen molar-refractivity contribution in [2.24, 2.45) is 0 Å². The zero-order chi connectivity index (χ0) is 32.3. The molecule has 0 saturated carbocycles. The van der Waals surface area contributed by atoms with Crippen molar-refractivity contribution in [3.05, 3.63) is 176 Å². The minimum absolute atomic E-state index is 0.882. The van der Waals surface area contributed by atoms with Crippen LogP contribution in [0.4, 0.5) is 17.1 Å². The number of furan rings is 1. The fraction of sp³-hybridized carbons (Fsp3) is 0. The quantitative estimate of drug-likeness (QED) is 0.186. The molecule has 2 aromatic heterocycles. The van der Waals surface area contributed by atoms with Crippen molar-refractivity contribution >= 4 is 81.3 Å². The summed E-state index contributed by atoms with van der Waals surface area (Å²) >= 11 is 1.85. The minimum atomic E-state index is 0.882. The molecule has 2 heterocycles. The van der Waals surface area contributed by atoms with E-state index in [4.69, 9.17) is 4.42 Å². The van der Waals surface area contributed by atoms with Crippen LogP contribution in [0.5, 0.6) is 0 Å². The standard InChI is InChI=1S/C46H29NOS/c1-2-12-30(13-3-1)38-28-32-14-4-5-15-33(32)29-39(38)31-24-26-34(27-25-31)47(40-19-11-22-43-45(40)37-17-6-8-21-42(37)48-43)41-20-10-18-36-35-16-7-9-23-44(35)49-46(36)41/h1-29H. The number of thiophene rings is 1. The van der Waals surface area contributed by atoms with Crippen molar-refractivity contribution in [2.45, 2.75) is 0 Å². The Bertz CT molecular complexity index is 2830. The molecule has 0 atom stereocenters. The number of hydrogen-bond acceptors (Lipinski definition) is 3. The van der Waals surface area contributed by atoms with E-state index in [1.165, 1.54) is 53.2 Å². The molecule has 0 spiro atoms. The fourth-order valence-electron chi connectivity index (χ4n) is 7.38. The Morgan fingerprint density at radius 2 is 1.02 bits per heavy atom. The predicted molar refractivity (Wildman–Crippen MR) is 210 cm³/mol. The van der Waals surface area contributed by atoms with Crippen LogP contribution in [0.1, 0.15) is 0 Å². The van der Waals surface area contributed by atoms with E-state index in [1.54, 1.807) is 0 Å². The Morgan fingerprint density at radius 3 is 1.82 bits per heavy atom. The third-order valence-electron chi connectivity index (χ3n) is 9.65. The van der Waals surface area contributed by atoms with Crippen molar-refractivity contribution < 1.29 is 4.42 Å². The summed E-state index contributed by atoms with van der Waals surface area (Å²) in [6.07, 6.45) is 0. The summed E-state index contributed by atoms with van der Waals surface area (Å²) in [5.74, 6) is 0. The molecule has 0 N–H and O–H groups in total. The number of fused-ring (bicyclic) bond motifs is 7. The molecule has 0 amide bonds. The molecule has 0 aliphatic rings. The first-order valence-electron chi connectivity index (χ1n) is 16.6. The number of hydrogen-bond donors (Lipinski definition) is 0. The maximum absolute atomic E-state index is 6.39. The zero-order valence-electron chi connectivity index (χ0n) is 26.5. The van der Waals surface area contributed by atoms with Gasteiger partial charge in [0.05, 0.1) is 21.5 Å². The van der Waals surface area contributed by atoms with Gasteiger partial charge in [-0.2, -0.15) is 0 Å². The average molecular weight is 644 g/mol. The summed E-state index contributed by atoms with van der Waals surface area (Å²) in [7, 11) is 0. The predicted octanol–water partition coefficient (Wildman–Crippen LogP) is 13.9. The van der Waals surface area contributed by atoms with Crippen LogP contribution < -0.4 is 4.90 Å². The maximum atomic E-state index is 6.39. The molecule has 0 fully saturated rings. The molecule has 8 aromatic carbocycles. The summed E-state index contributed by atoms with van der Waals surface area (Å²) in [4.78, 5) is 2.42. The zero-order valence-corrected chi connectivity index (χ0v) is 27.3. The third kappa shape index (κ3) is 4.55. The molecule has 49 heavy (non-hydrogen) atoms. The first kappa shape index (κ1) is 27.9. The molecule has 0 aliphatic carbocycles. The third-order valence-corrected chi connectivity index (χ3v) is 10.9. The van der Waals surface area contributed by atoms with E-state index in [1.807, 2.05) is 17.4 Å². The summed E-state index contributed by atoms with van der Waals surface area (Å²) in [6.45, 7) is 0. The van der Waals surface area contributed by atoms with Gasteiger partial charge in [-0.25, -0.2) is 0 Å². The molecule has 0 saturated heterocycles. The highest BCUT2D eigenvalue weighted by atomic mass is 32.1. The second-order valence-corrected chi connectivity index (χ2v) is 13.5. The van der Waals surface area contributed by atoms with Crippen LogP contribution in [-0.2, 0) is 0 Å². The second kappa shape index (κ2) is 11.2. The molecule has 0 unspecified atom stereocenters. The number of benzene rings is 8. The molecule has 10 aromatic rings. The van der Waals surface area contributed by atoms with Gasteiger partial charge in [-0.05, 0) is 87.6 Å². The maximum Gasteiger partial charge on any atom is 0.137 e. The van der Waals surface area contributed by atoms with E-state index >= 15 is 0 Å². The van der Waals surface area contributed by atoms with Crippen LogP contribution in [-0.4, -0.2) is 0 Å². The van der Waals surface area contributed by atoms with Crippen molar-refractivity contribution in [3.63, 3.8) is 0 Å². The molecular formula is C46H29NOS. The van der Waals surface area contributed by atoms with Crippen molar-refractivity contribution in [1.29, 1.82) is 0 Å². The van der Waals surface area contributed by atoms with Crippen molar-refractivity contribution in [1.82, 2.24) is 0 Å². The number of rotatable bonds is 5. The highest BCUT2D eigenvalue weighted by Crippen LogP contribution is 2.48. The highest BCUT2D eigenvalue weighted by Gasteiger charge is 2.22. The second-order valence-electron chi connectivity index (χ2n) is 12.5. The molecule has 0 aliphatic heterocycles. The lowest BCUT2D eigenvalue weighted by molar-refractivity contribution is 0.669. The van der Waals surface area contributed by atoms with Gasteiger partial charge < -0.3 is 9.32 Å². The molecular weight excluding hydrogens is 615 g/mol. The largest absolute Gasteiger partial charge is 0.456 e. The van der Waals surface area contributed by atoms with Crippen LogP contribution in [0.2, 0.25) is 0 Å². The number of para-hydroxylation sites is 1. The molecule has 0 radical (unpaired) electrons. The molecule has 0 bridgehead atoms. The fourth-order valence-corrected chi connectivity index (χ4v) is 8.59. The summed E-state index contributed by atoms with van der Waals surface area (Å²) in [6, 6.07) is 63.2. The van der Waals surface area contributed by atoms with Gasteiger partial charge in [0.1, 0.15) is 11.2 Å². The van der Waals surface area contributed by atoms with E-state index in [-0.39, 0.29) is 0 Å². The normalized spacial score (nSPS) is 11.7. The van der Waals surface area contributed by atoms with Gasteiger partial charge in [0.2, 0.25) is 0 Å². The number of nitrogens with zero attached hydrogens (tertiary/aromatic N) is 1. The van der Waals surface area contributed by atoms with Gasteiger partial charge in [-0.15, -0.1) is 11.3 Å². The van der Waals surface area contributed by atoms with Crippen LogP contribution in [0.15, 0.2) is 180 Å². The van der Waals surface area contributed by atoms with Gasteiger partial charge in [0, 0.05) is 26.5 Å². The van der Waals surface area contributed by atoms with Gasteiger partial charge in [0.25, 0.3) is 0 Å². The van der Waals surface area contributed by atoms with Gasteiger partial charge >= 0.3 is 0 Å². The lowest BCUT2D eigenvalue weighted by atomic mass is 9.91. The molecule has 3 heteroatoms. The van der Waals surface area contributed by atoms with E-state index in [9.17, 15) is 0 Å². The number of anilines is 3. The van der Waals surface area contributed by atoms with Crippen LogP contribution >= 0.6 is 11.3 Å². The summed E-state index contributed by atoms with van der Waals surface area (Å²) in [5.41, 5.74) is 9.96. The molecule has 10 rings (SSSR count). The van der Waals surface area contributed by atoms with Gasteiger partial charge in [-0.3, -0.25) is 0 Å². The van der Waals surface area contributed by atoms with Gasteiger partial charge in [-0.1, -0.05) is 121 Å². The van der Waals surface area contributed by atoms with E-state index in [0.29, 0.717) is 0 Å². The van der Waals surface area contributed by atoms with Crippen molar-refractivity contribution in [2.75, 3.05) is 4.90 Å². The molecule has 230 valence electrons. The minimum Gasteiger partial charge on any atom is -0.456 e. The lowest BCUT2D eigenvalue weighted by Gasteiger charge is -2.27. The lowest BCUT2D eigenvalue weighted by Crippen LogP contribution is -2.10. The smallest absolute Gasteiger partial charge is 0.137 e. The summed E-state index contributed by atoms with van der Waals surface area (Å²) < 4.78 is 8.95. The van der Waals surface area contributed by atoms with Crippen LogP contribution in [0.25, 0.3) is 75.1 Å². The SMILES string of the molecule is c1ccc(-c2cc3ccccc3cc2-c2ccc(N(c3cccc4c3sc3ccccc34)c3cccc4oc5ccccc5c34)cc2)cc1. The Hall–Kier alpha value is -6.16. The topological polar surface area (TPSA) is 16.4 Å². The Kier molecular flexibility index (Phi) is 6.39. The van der Waals surface area contributed by atoms with Crippen molar-refractivity contribution in [3.8, 4) is 22.3 Å². The first-order chi connectivity index (χ1) is 24.3. The van der Waals surface area contributed by atoms with E-state index < -0.39 is 0 Å². The van der Waals surface area contributed by atoms with E-state index in [2.05, 4.69) is 175 Å². The van der Waals surface area contributed by atoms with Crippen LogP contribution in [0, 0.1) is 0 Å². The van der Waals surface area contributed by atoms with E-state index in [0.717, 1.165) is 39.0 Å². The highest BCUT2D eigenvalue weighted by molar-refractivity contribution is 7.26. The first-order valence-corrected chi connectivity index (χ1v) is 17.4. The van der Waals surface area contributed by atoms with Gasteiger partial charge in [0.15, 0.2) is 0 Å². The molecule has 2 nitrogen and oxygen atoms in total. The Labute approximate surface area is 287 Å². The average Bonchev–Trinajstić information content (AvgIpc) is 3.75. The monoisotopic (exact) mass is 643 g/mol. The summed E-state index contributed by atoms with van der Waals surface area (Å²) in [5, 5.41) is 7.26. The Balaban J connectivity index is 1.21. The van der Waals surface area contributed by atoms with Crippen LogP contribution in [0.3, 0.4) is 0 Å². The Morgan fingerprint density at radius 1 is 0.429 bits per heavy atom.